The molecule has 1 aliphatic rings. The average Bonchev–Trinajstić information content (AvgIpc) is 2.91. The van der Waals surface area contributed by atoms with Crippen LogP contribution in [0.2, 0.25) is 0 Å². The lowest BCUT2D eigenvalue weighted by atomic mass is 10.2. The van der Waals surface area contributed by atoms with Gasteiger partial charge >= 0.3 is 0 Å². The number of aromatic nitrogens is 3. The summed E-state index contributed by atoms with van der Waals surface area (Å²) >= 11 is 1.77. The third-order valence-corrected chi connectivity index (χ3v) is 4.26. The van der Waals surface area contributed by atoms with E-state index < -0.39 is 0 Å². The van der Waals surface area contributed by atoms with E-state index in [1.165, 1.54) is 6.33 Å². The smallest absolute Gasteiger partial charge is 0.230 e. The standard InChI is InChI=1S/C11H19N5OS/c17-11(7-18-9-1-4-12-5-2-9)13-6-3-10-14-8-15-16-10/h8-9,12H,1-7H2,(H,13,17)(H,14,15,16). The Hall–Kier alpha value is -1.08. The van der Waals surface area contributed by atoms with Gasteiger partial charge in [0.2, 0.25) is 5.91 Å². The topological polar surface area (TPSA) is 82.7 Å². The summed E-state index contributed by atoms with van der Waals surface area (Å²) in [5, 5.41) is 13.4. The molecular weight excluding hydrogens is 250 g/mol. The lowest BCUT2D eigenvalue weighted by Crippen LogP contribution is -2.32. The quantitative estimate of drug-likeness (QED) is 0.674. The van der Waals surface area contributed by atoms with Crippen molar-refractivity contribution in [2.24, 2.45) is 0 Å². The molecule has 2 heterocycles. The first-order chi connectivity index (χ1) is 8.84. The van der Waals surface area contributed by atoms with E-state index in [1.807, 2.05) is 0 Å². The molecule has 1 aromatic heterocycles. The first-order valence-corrected chi connectivity index (χ1v) is 7.33. The molecule has 0 atom stereocenters. The number of nitrogens with zero attached hydrogens (tertiary/aromatic N) is 2. The molecule has 0 aromatic carbocycles. The molecule has 0 bridgehead atoms. The van der Waals surface area contributed by atoms with Crippen LogP contribution in [0, 0.1) is 0 Å². The van der Waals surface area contributed by atoms with E-state index in [9.17, 15) is 4.79 Å². The maximum absolute atomic E-state index is 11.6. The van der Waals surface area contributed by atoms with Crippen molar-refractivity contribution in [3.63, 3.8) is 0 Å². The number of hydrogen-bond donors (Lipinski definition) is 3. The number of carbonyl (C=O) groups excluding carboxylic acids is 1. The monoisotopic (exact) mass is 269 g/mol. The highest BCUT2D eigenvalue weighted by atomic mass is 32.2. The SMILES string of the molecule is O=C(CSC1CCNCC1)NCCc1ncn[nH]1. The van der Waals surface area contributed by atoms with Crippen LogP contribution in [0.3, 0.4) is 0 Å². The van der Waals surface area contributed by atoms with Gasteiger partial charge in [-0.1, -0.05) is 0 Å². The highest BCUT2D eigenvalue weighted by molar-refractivity contribution is 8.00. The Balaban J connectivity index is 1.54. The molecule has 0 spiro atoms. The third-order valence-electron chi connectivity index (χ3n) is 2.89. The van der Waals surface area contributed by atoms with Crippen molar-refractivity contribution < 1.29 is 4.79 Å². The van der Waals surface area contributed by atoms with Gasteiger partial charge in [-0.3, -0.25) is 9.89 Å². The minimum atomic E-state index is 0.109. The van der Waals surface area contributed by atoms with Gasteiger partial charge in [-0.15, -0.1) is 11.8 Å². The van der Waals surface area contributed by atoms with E-state index >= 15 is 0 Å². The van der Waals surface area contributed by atoms with Crippen molar-refractivity contribution in [3.05, 3.63) is 12.2 Å². The van der Waals surface area contributed by atoms with Gasteiger partial charge in [0, 0.05) is 18.2 Å². The number of aromatic amines is 1. The van der Waals surface area contributed by atoms with Crippen molar-refractivity contribution in [2.75, 3.05) is 25.4 Å². The van der Waals surface area contributed by atoms with Crippen LogP contribution in [0.1, 0.15) is 18.7 Å². The van der Waals surface area contributed by atoms with Crippen LogP contribution in [-0.2, 0) is 11.2 Å². The van der Waals surface area contributed by atoms with E-state index in [0.29, 0.717) is 24.0 Å². The van der Waals surface area contributed by atoms with E-state index in [1.54, 1.807) is 11.8 Å². The van der Waals surface area contributed by atoms with Gasteiger partial charge in [0.25, 0.3) is 0 Å². The Kier molecular flexibility index (Phi) is 5.47. The summed E-state index contributed by atoms with van der Waals surface area (Å²) in [6.45, 7) is 2.76. The molecule has 1 aromatic rings. The lowest BCUT2D eigenvalue weighted by Gasteiger charge is -2.21. The van der Waals surface area contributed by atoms with Crippen LogP contribution in [0.25, 0.3) is 0 Å². The molecule has 1 saturated heterocycles. The van der Waals surface area contributed by atoms with Crippen LogP contribution in [0.5, 0.6) is 0 Å². The Morgan fingerprint density at radius 3 is 3.06 bits per heavy atom. The molecule has 0 radical (unpaired) electrons. The Morgan fingerprint density at radius 2 is 2.33 bits per heavy atom. The second-order valence-corrected chi connectivity index (χ2v) is 5.58. The molecular formula is C11H19N5OS. The van der Waals surface area contributed by atoms with E-state index in [0.717, 1.165) is 31.8 Å². The second-order valence-electron chi connectivity index (χ2n) is 4.29. The number of carbonyl (C=O) groups is 1. The Labute approximate surface area is 111 Å². The van der Waals surface area contributed by atoms with Gasteiger partial charge in [-0.25, -0.2) is 4.98 Å². The molecule has 6 nitrogen and oxygen atoms in total. The number of nitrogens with one attached hydrogen (secondary N) is 3. The third kappa shape index (κ3) is 4.66. The molecule has 0 unspecified atom stereocenters. The van der Waals surface area contributed by atoms with E-state index in [4.69, 9.17) is 0 Å². The van der Waals surface area contributed by atoms with Crippen molar-refractivity contribution in [3.8, 4) is 0 Å². The summed E-state index contributed by atoms with van der Waals surface area (Å²) in [5.41, 5.74) is 0. The van der Waals surface area contributed by atoms with E-state index in [-0.39, 0.29) is 5.91 Å². The van der Waals surface area contributed by atoms with Gasteiger partial charge in [0.05, 0.1) is 5.75 Å². The maximum atomic E-state index is 11.6. The minimum absolute atomic E-state index is 0.109. The predicted molar refractivity (Wildman–Crippen MR) is 71.4 cm³/mol. The lowest BCUT2D eigenvalue weighted by molar-refractivity contribution is -0.118. The molecule has 100 valence electrons. The molecule has 0 aliphatic carbocycles. The average molecular weight is 269 g/mol. The number of hydrogen-bond acceptors (Lipinski definition) is 5. The zero-order chi connectivity index (χ0) is 12.6. The summed E-state index contributed by atoms with van der Waals surface area (Å²) < 4.78 is 0. The van der Waals surface area contributed by atoms with Crippen LogP contribution in [-0.4, -0.2) is 51.7 Å². The highest BCUT2D eigenvalue weighted by Crippen LogP contribution is 2.19. The van der Waals surface area contributed by atoms with Crippen molar-refractivity contribution >= 4 is 17.7 Å². The number of rotatable bonds is 6. The van der Waals surface area contributed by atoms with E-state index in [2.05, 4.69) is 25.8 Å². The zero-order valence-electron chi connectivity index (χ0n) is 10.3. The first-order valence-electron chi connectivity index (χ1n) is 6.28. The van der Waals surface area contributed by atoms with Crippen molar-refractivity contribution in [2.45, 2.75) is 24.5 Å². The summed E-state index contributed by atoms with van der Waals surface area (Å²) in [6, 6.07) is 0. The van der Waals surface area contributed by atoms with Gasteiger partial charge in [0.15, 0.2) is 0 Å². The highest BCUT2D eigenvalue weighted by Gasteiger charge is 2.14. The molecule has 3 N–H and O–H groups in total. The summed E-state index contributed by atoms with van der Waals surface area (Å²) in [7, 11) is 0. The van der Waals surface area contributed by atoms with Crippen LogP contribution >= 0.6 is 11.8 Å². The van der Waals surface area contributed by atoms with Crippen LogP contribution < -0.4 is 10.6 Å². The van der Waals surface area contributed by atoms with Crippen molar-refractivity contribution in [1.29, 1.82) is 0 Å². The number of H-pyrrole nitrogens is 1. The molecule has 2 rings (SSSR count). The van der Waals surface area contributed by atoms with Crippen molar-refractivity contribution in [1.82, 2.24) is 25.8 Å². The molecule has 0 saturated carbocycles. The minimum Gasteiger partial charge on any atom is -0.355 e. The Morgan fingerprint density at radius 1 is 1.50 bits per heavy atom. The predicted octanol–water partition coefficient (Wildman–Crippen LogP) is -0.0514. The second kappa shape index (κ2) is 7.38. The van der Waals surface area contributed by atoms with Gasteiger partial charge in [-0.05, 0) is 25.9 Å². The zero-order valence-corrected chi connectivity index (χ0v) is 11.1. The maximum Gasteiger partial charge on any atom is 0.230 e. The molecule has 7 heteroatoms. The molecule has 18 heavy (non-hydrogen) atoms. The van der Waals surface area contributed by atoms with Crippen LogP contribution in [0.15, 0.2) is 6.33 Å². The molecule has 1 aliphatic heterocycles. The first kappa shape index (κ1) is 13.4. The summed E-state index contributed by atoms with van der Waals surface area (Å²) in [4.78, 5) is 15.6. The van der Waals surface area contributed by atoms with Gasteiger partial charge in [-0.2, -0.15) is 5.10 Å². The fourth-order valence-corrected chi connectivity index (χ4v) is 2.94. The Bertz CT molecular complexity index is 350. The molecule has 1 amide bonds. The fraction of sp³-hybridized carbons (Fsp3) is 0.727. The van der Waals surface area contributed by atoms with Gasteiger partial charge in [0.1, 0.15) is 12.2 Å². The van der Waals surface area contributed by atoms with Gasteiger partial charge < -0.3 is 10.6 Å². The number of thioether (sulfide) groups is 1. The fourth-order valence-electron chi connectivity index (χ4n) is 1.88. The summed E-state index contributed by atoms with van der Waals surface area (Å²) in [5.74, 6) is 1.47. The normalized spacial score (nSPS) is 16.7. The number of amides is 1. The summed E-state index contributed by atoms with van der Waals surface area (Å²) in [6.07, 6.45) is 4.50. The largest absolute Gasteiger partial charge is 0.355 e. The van der Waals surface area contributed by atoms with Crippen LogP contribution in [0.4, 0.5) is 0 Å². The number of piperidine rings is 1. The molecule has 1 fully saturated rings.